The van der Waals surface area contributed by atoms with E-state index in [9.17, 15) is 4.79 Å². The van der Waals surface area contributed by atoms with Gasteiger partial charge < -0.3 is 9.15 Å². The van der Waals surface area contributed by atoms with Crippen LogP contribution in [0.3, 0.4) is 0 Å². The minimum absolute atomic E-state index is 0.0942. The van der Waals surface area contributed by atoms with Crippen LogP contribution in [0.5, 0.6) is 5.75 Å². The molecule has 1 amide bonds. The van der Waals surface area contributed by atoms with Crippen LogP contribution in [0.15, 0.2) is 75.0 Å². The number of carbonyl (C=O) groups is 1. The fourth-order valence-electron chi connectivity index (χ4n) is 2.85. The van der Waals surface area contributed by atoms with Gasteiger partial charge in [-0.05, 0) is 67.2 Å². The van der Waals surface area contributed by atoms with Crippen LogP contribution in [0.25, 0.3) is 17.4 Å². The summed E-state index contributed by atoms with van der Waals surface area (Å²) in [7, 11) is 3.37. The lowest BCUT2D eigenvalue weighted by atomic mass is 10.2. The fraction of sp³-hybridized carbons (Fsp3) is 0.130. The summed E-state index contributed by atoms with van der Waals surface area (Å²) in [5.74, 6) is 2.05. The number of benzene rings is 2. The smallest absolute Gasteiger partial charge is 0.266 e. The normalized spacial score (nSPS) is 16.8. The van der Waals surface area contributed by atoms with Crippen molar-refractivity contribution in [2.45, 2.75) is 6.92 Å². The molecule has 0 unspecified atom stereocenters. The molecule has 0 radical (unpaired) electrons. The molecule has 146 valence electrons. The Labute approximate surface area is 173 Å². The number of aryl methyl sites for hydroxylation is 1. The van der Waals surface area contributed by atoms with Crippen LogP contribution >= 0.6 is 11.8 Å². The zero-order chi connectivity index (χ0) is 20.4. The number of hydrogen-bond donors (Lipinski definition) is 0. The second kappa shape index (κ2) is 8.01. The molecule has 0 atom stereocenters. The summed E-state index contributed by atoms with van der Waals surface area (Å²) in [4.78, 5) is 19.3. The van der Waals surface area contributed by atoms with Gasteiger partial charge in [0, 0.05) is 18.7 Å². The average Bonchev–Trinajstić information content (AvgIpc) is 3.31. The number of furan rings is 1. The molecule has 3 aromatic rings. The minimum atomic E-state index is -0.0942. The van der Waals surface area contributed by atoms with E-state index in [1.54, 1.807) is 25.1 Å². The lowest BCUT2D eigenvalue weighted by Crippen LogP contribution is -2.23. The van der Waals surface area contributed by atoms with Crippen molar-refractivity contribution in [3.8, 4) is 17.1 Å². The maximum atomic E-state index is 12.6. The largest absolute Gasteiger partial charge is 0.497 e. The highest BCUT2D eigenvalue weighted by Gasteiger charge is 2.30. The Bertz CT molecular complexity index is 1100. The summed E-state index contributed by atoms with van der Waals surface area (Å²) >= 11 is 1.34. The van der Waals surface area contributed by atoms with Gasteiger partial charge in [-0.3, -0.25) is 9.69 Å². The molecule has 1 fully saturated rings. The van der Waals surface area contributed by atoms with E-state index in [-0.39, 0.29) is 5.91 Å². The van der Waals surface area contributed by atoms with E-state index in [4.69, 9.17) is 9.15 Å². The molecule has 2 heterocycles. The molecular weight excluding hydrogens is 384 g/mol. The number of methoxy groups -OCH3 is 1. The van der Waals surface area contributed by atoms with Crippen LogP contribution in [0.2, 0.25) is 0 Å². The second-order valence-corrected chi connectivity index (χ2v) is 7.64. The van der Waals surface area contributed by atoms with E-state index in [1.165, 1.54) is 17.3 Å². The first-order valence-corrected chi connectivity index (χ1v) is 9.92. The molecule has 5 nitrogen and oxygen atoms in total. The van der Waals surface area contributed by atoms with Crippen LogP contribution in [-0.4, -0.2) is 30.1 Å². The van der Waals surface area contributed by atoms with Gasteiger partial charge in [0.1, 0.15) is 17.3 Å². The zero-order valence-corrected chi connectivity index (χ0v) is 17.2. The van der Waals surface area contributed by atoms with Crippen LogP contribution in [0.4, 0.5) is 5.69 Å². The molecule has 4 rings (SSSR count). The lowest BCUT2D eigenvalue weighted by molar-refractivity contribution is -0.121. The van der Waals surface area contributed by atoms with Crippen LogP contribution in [-0.2, 0) is 4.79 Å². The molecule has 0 bridgehead atoms. The van der Waals surface area contributed by atoms with E-state index >= 15 is 0 Å². The first-order valence-electron chi connectivity index (χ1n) is 9.11. The van der Waals surface area contributed by atoms with Gasteiger partial charge in [0.25, 0.3) is 5.91 Å². The first-order chi connectivity index (χ1) is 14.0. The number of amides is 1. The van der Waals surface area contributed by atoms with Crippen LogP contribution in [0.1, 0.15) is 11.3 Å². The molecule has 1 saturated heterocycles. The Kier molecular flexibility index (Phi) is 5.27. The van der Waals surface area contributed by atoms with E-state index in [2.05, 4.69) is 4.99 Å². The van der Waals surface area contributed by atoms with Crippen molar-refractivity contribution >= 4 is 34.6 Å². The molecule has 6 heteroatoms. The predicted molar refractivity (Wildman–Crippen MR) is 117 cm³/mol. The van der Waals surface area contributed by atoms with Gasteiger partial charge in [0.2, 0.25) is 0 Å². The Hall–Kier alpha value is -3.25. The number of rotatable bonds is 4. The molecule has 1 aromatic heterocycles. The summed E-state index contributed by atoms with van der Waals surface area (Å²) < 4.78 is 11.1. The van der Waals surface area contributed by atoms with Crippen molar-refractivity contribution in [2.24, 2.45) is 4.99 Å². The van der Waals surface area contributed by atoms with Gasteiger partial charge in [0.15, 0.2) is 5.17 Å². The van der Waals surface area contributed by atoms with E-state index < -0.39 is 0 Å². The van der Waals surface area contributed by atoms with Gasteiger partial charge in [-0.15, -0.1) is 0 Å². The van der Waals surface area contributed by atoms with Gasteiger partial charge in [0.05, 0.1) is 17.7 Å². The SMILES string of the molecule is COc1ccc(-c2ccc(/C=C3\SC(=Nc4ccc(C)cc4)N(C)C3=O)o2)cc1. The Morgan fingerprint density at radius 1 is 1.03 bits per heavy atom. The van der Waals surface area contributed by atoms with Gasteiger partial charge >= 0.3 is 0 Å². The molecule has 0 aliphatic carbocycles. The van der Waals surface area contributed by atoms with E-state index in [0.717, 1.165) is 22.8 Å². The quantitative estimate of drug-likeness (QED) is 0.539. The zero-order valence-electron chi connectivity index (χ0n) is 16.4. The Morgan fingerprint density at radius 3 is 2.45 bits per heavy atom. The number of carbonyl (C=O) groups excluding carboxylic acids is 1. The molecule has 0 spiro atoms. The predicted octanol–water partition coefficient (Wildman–Crippen LogP) is 5.50. The van der Waals surface area contributed by atoms with Crippen molar-refractivity contribution in [3.63, 3.8) is 0 Å². The standard InChI is InChI=1S/C23H20N2O3S/c1-15-4-8-17(9-5-15)24-23-25(2)22(26)21(29-23)14-19-12-13-20(28-19)16-6-10-18(27-3)11-7-16/h4-14H,1-3H3/b21-14-,24-23?. The van der Waals surface area contributed by atoms with Crippen molar-refractivity contribution < 1.29 is 13.9 Å². The van der Waals surface area contributed by atoms with Crippen LogP contribution < -0.4 is 4.74 Å². The topological polar surface area (TPSA) is 55.0 Å². The second-order valence-electron chi connectivity index (χ2n) is 6.64. The van der Waals surface area contributed by atoms with Gasteiger partial charge in [-0.2, -0.15) is 0 Å². The minimum Gasteiger partial charge on any atom is -0.497 e. The number of thioether (sulfide) groups is 1. The number of ether oxygens (including phenoxy) is 1. The van der Waals surface area contributed by atoms with Crippen LogP contribution in [0, 0.1) is 6.92 Å². The molecular formula is C23H20N2O3S. The highest BCUT2D eigenvalue weighted by Crippen LogP contribution is 2.34. The molecule has 2 aromatic carbocycles. The highest BCUT2D eigenvalue weighted by molar-refractivity contribution is 8.18. The monoisotopic (exact) mass is 404 g/mol. The average molecular weight is 404 g/mol. The summed E-state index contributed by atoms with van der Waals surface area (Å²) in [6.45, 7) is 2.03. The summed E-state index contributed by atoms with van der Waals surface area (Å²) in [5, 5.41) is 0.645. The third-order valence-electron chi connectivity index (χ3n) is 4.54. The molecule has 29 heavy (non-hydrogen) atoms. The number of hydrogen-bond acceptors (Lipinski definition) is 5. The Morgan fingerprint density at radius 2 is 1.76 bits per heavy atom. The lowest BCUT2D eigenvalue weighted by Gasteiger charge is -2.07. The third-order valence-corrected chi connectivity index (χ3v) is 5.60. The number of amidine groups is 1. The van der Waals surface area contributed by atoms with Crippen molar-refractivity contribution in [2.75, 3.05) is 14.2 Å². The molecule has 1 aliphatic heterocycles. The first kappa shape index (κ1) is 19.1. The maximum absolute atomic E-state index is 12.6. The summed E-state index contributed by atoms with van der Waals surface area (Å²) in [5.41, 5.74) is 2.93. The van der Waals surface area contributed by atoms with E-state index in [1.807, 2.05) is 67.6 Å². The fourth-order valence-corrected chi connectivity index (χ4v) is 3.82. The summed E-state index contributed by atoms with van der Waals surface area (Å²) in [6, 6.07) is 19.3. The van der Waals surface area contributed by atoms with Crippen molar-refractivity contribution in [3.05, 3.63) is 76.9 Å². The molecule has 0 N–H and O–H groups in total. The van der Waals surface area contributed by atoms with Gasteiger partial charge in [-0.1, -0.05) is 17.7 Å². The van der Waals surface area contributed by atoms with Crippen molar-refractivity contribution in [1.82, 2.24) is 4.90 Å². The van der Waals surface area contributed by atoms with Crippen molar-refractivity contribution in [1.29, 1.82) is 0 Å². The maximum Gasteiger partial charge on any atom is 0.266 e. The summed E-state index contributed by atoms with van der Waals surface area (Å²) in [6.07, 6.45) is 1.76. The number of aliphatic imine (C=N–C) groups is 1. The Balaban J connectivity index is 1.56. The molecule has 1 aliphatic rings. The number of likely N-dealkylation sites (N-methyl/N-ethyl adjacent to an activating group) is 1. The number of nitrogens with zero attached hydrogens (tertiary/aromatic N) is 2. The molecule has 0 saturated carbocycles. The highest BCUT2D eigenvalue weighted by atomic mass is 32.2. The van der Waals surface area contributed by atoms with E-state index in [0.29, 0.717) is 15.8 Å². The third kappa shape index (κ3) is 4.12. The van der Waals surface area contributed by atoms with Gasteiger partial charge in [-0.25, -0.2) is 4.99 Å².